The molecule has 0 spiro atoms. The maximum atomic E-state index is 13.6. The maximum Gasteiger partial charge on any atom is 0.418 e. The third-order valence-corrected chi connectivity index (χ3v) is 5.41. The van der Waals surface area contributed by atoms with Crippen molar-refractivity contribution < 1.29 is 23.1 Å². The van der Waals surface area contributed by atoms with E-state index in [0.717, 1.165) is 17.3 Å². The number of nitrogens with zero attached hydrogens (tertiary/aromatic N) is 4. The first kappa shape index (κ1) is 22.5. The van der Waals surface area contributed by atoms with Gasteiger partial charge in [0, 0.05) is 32.3 Å². The van der Waals surface area contributed by atoms with E-state index in [1.54, 1.807) is 30.1 Å². The molecule has 0 saturated carbocycles. The zero-order chi connectivity index (χ0) is 23.9. The normalized spacial score (nSPS) is 13.8. The molecular weight excluding hydrogens is 435 g/mol. The van der Waals surface area contributed by atoms with Crippen LogP contribution in [0.2, 0.25) is 0 Å². The summed E-state index contributed by atoms with van der Waals surface area (Å²) >= 11 is 0. The van der Waals surface area contributed by atoms with Crippen LogP contribution in [-0.4, -0.2) is 40.6 Å². The zero-order valence-electron chi connectivity index (χ0n) is 18.2. The van der Waals surface area contributed by atoms with E-state index in [4.69, 9.17) is 0 Å². The molecule has 0 bridgehead atoms. The minimum Gasteiger partial charge on any atom is -0.392 e. The van der Waals surface area contributed by atoms with Crippen LogP contribution < -0.4 is 10.2 Å². The number of aliphatic hydroxyl groups excluding tert-OH is 1. The SMILES string of the molecule is CN(C)c1cc2c(cc1C(F)(F)F)NC(=O)CC(c1cccc(-c3c(CO)cnn3C)c1)=N2. The zero-order valence-corrected chi connectivity index (χ0v) is 18.2. The number of rotatable bonds is 4. The Kier molecular flexibility index (Phi) is 5.71. The molecule has 3 aromatic rings. The average molecular weight is 457 g/mol. The Morgan fingerprint density at radius 3 is 2.58 bits per heavy atom. The van der Waals surface area contributed by atoms with E-state index < -0.39 is 17.6 Å². The Morgan fingerprint density at radius 2 is 1.91 bits per heavy atom. The number of carbonyl (C=O) groups is 1. The smallest absolute Gasteiger partial charge is 0.392 e. The summed E-state index contributed by atoms with van der Waals surface area (Å²) in [5.41, 5.74) is 2.58. The number of alkyl halides is 3. The number of amides is 1. The number of hydrogen-bond donors (Lipinski definition) is 2. The minimum absolute atomic E-state index is 0.0123. The fourth-order valence-electron chi connectivity index (χ4n) is 3.88. The molecule has 0 unspecified atom stereocenters. The van der Waals surface area contributed by atoms with Gasteiger partial charge in [-0.25, -0.2) is 0 Å². The van der Waals surface area contributed by atoms with Gasteiger partial charge in [-0.1, -0.05) is 18.2 Å². The van der Waals surface area contributed by atoms with Gasteiger partial charge < -0.3 is 15.3 Å². The van der Waals surface area contributed by atoms with E-state index in [0.29, 0.717) is 16.8 Å². The highest BCUT2D eigenvalue weighted by molar-refractivity contribution is 6.17. The number of aromatic nitrogens is 2. The third kappa shape index (κ3) is 4.34. The highest BCUT2D eigenvalue weighted by Gasteiger charge is 2.36. The van der Waals surface area contributed by atoms with Crippen molar-refractivity contribution in [2.24, 2.45) is 12.0 Å². The van der Waals surface area contributed by atoms with Crippen LogP contribution in [0.3, 0.4) is 0 Å². The van der Waals surface area contributed by atoms with Crippen LogP contribution in [0, 0.1) is 0 Å². The van der Waals surface area contributed by atoms with Crippen LogP contribution in [0.25, 0.3) is 11.3 Å². The molecule has 0 atom stereocenters. The van der Waals surface area contributed by atoms with Crippen LogP contribution in [0.15, 0.2) is 47.6 Å². The van der Waals surface area contributed by atoms with Gasteiger partial charge in [-0.05, 0) is 23.8 Å². The third-order valence-electron chi connectivity index (χ3n) is 5.41. The van der Waals surface area contributed by atoms with Gasteiger partial charge in [-0.2, -0.15) is 18.3 Å². The van der Waals surface area contributed by atoms with Gasteiger partial charge in [-0.15, -0.1) is 0 Å². The van der Waals surface area contributed by atoms with Gasteiger partial charge >= 0.3 is 6.18 Å². The number of nitrogens with one attached hydrogen (secondary N) is 1. The predicted molar refractivity (Wildman–Crippen MR) is 120 cm³/mol. The number of aliphatic imine (C=N–C) groups is 1. The number of fused-ring (bicyclic) bond motifs is 1. The molecule has 0 radical (unpaired) electrons. The molecular formula is C23H22F3N5O2. The van der Waals surface area contributed by atoms with Crippen molar-refractivity contribution in [3.63, 3.8) is 0 Å². The predicted octanol–water partition coefficient (Wildman–Crippen LogP) is 4.13. The molecule has 0 fully saturated rings. The summed E-state index contributed by atoms with van der Waals surface area (Å²) in [6.07, 6.45) is -3.11. The Morgan fingerprint density at radius 1 is 1.18 bits per heavy atom. The first-order valence-electron chi connectivity index (χ1n) is 10.1. The number of benzene rings is 2. The number of aliphatic hydroxyl groups is 1. The van der Waals surface area contributed by atoms with Crippen molar-refractivity contribution in [1.29, 1.82) is 0 Å². The van der Waals surface area contributed by atoms with Gasteiger partial charge in [0.2, 0.25) is 5.91 Å². The van der Waals surface area contributed by atoms with E-state index >= 15 is 0 Å². The molecule has 1 amide bonds. The lowest BCUT2D eigenvalue weighted by Gasteiger charge is -2.21. The number of anilines is 2. The van der Waals surface area contributed by atoms with Crippen molar-refractivity contribution in [3.8, 4) is 11.3 Å². The van der Waals surface area contributed by atoms with Crippen molar-refractivity contribution in [3.05, 3.63) is 59.3 Å². The van der Waals surface area contributed by atoms with Crippen molar-refractivity contribution in [2.75, 3.05) is 24.3 Å². The van der Waals surface area contributed by atoms with Gasteiger partial charge in [-0.3, -0.25) is 14.5 Å². The number of halogens is 3. The molecule has 0 aliphatic carbocycles. The fourth-order valence-corrected chi connectivity index (χ4v) is 3.88. The van der Waals surface area contributed by atoms with Crippen molar-refractivity contribution >= 4 is 28.7 Å². The number of carbonyl (C=O) groups excluding carboxylic acids is 1. The maximum absolute atomic E-state index is 13.6. The second kappa shape index (κ2) is 8.36. The summed E-state index contributed by atoms with van der Waals surface area (Å²) < 4.78 is 42.4. The van der Waals surface area contributed by atoms with Crippen LogP contribution in [-0.2, 0) is 24.6 Å². The van der Waals surface area contributed by atoms with Crippen LogP contribution in [0.5, 0.6) is 0 Å². The molecule has 2 N–H and O–H groups in total. The Balaban J connectivity index is 1.85. The summed E-state index contributed by atoms with van der Waals surface area (Å²) in [6, 6.07) is 9.51. The lowest BCUT2D eigenvalue weighted by Crippen LogP contribution is -2.18. The summed E-state index contributed by atoms with van der Waals surface area (Å²) in [4.78, 5) is 18.5. The highest BCUT2D eigenvalue weighted by atomic mass is 19.4. The molecule has 33 heavy (non-hydrogen) atoms. The van der Waals surface area contributed by atoms with Gasteiger partial charge in [0.1, 0.15) is 0 Å². The molecule has 4 rings (SSSR count). The van der Waals surface area contributed by atoms with Crippen molar-refractivity contribution in [2.45, 2.75) is 19.2 Å². The number of aryl methyl sites for hydroxylation is 1. The average Bonchev–Trinajstić information content (AvgIpc) is 3.04. The topological polar surface area (TPSA) is 82.8 Å². The van der Waals surface area contributed by atoms with E-state index in [1.165, 1.54) is 25.1 Å². The quantitative estimate of drug-likeness (QED) is 0.617. The van der Waals surface area contributed by atoms with E-state index in [1.807, 2.05) is 12.1 Å². The molecule has 1 aromatic heterocycles. The Labute approximate surface area is 188 Å². The Hall–Kier alpha value is -3.66. The second-order valence-electron chi connectivity index (χ2n) is 7.94. The minimum atomic E-state index is -4.58. The molecule has 172 valence electrons. The van der Waals surface area contributed by atoms with Gasteiger partial charge in [0.05, 0.1) is 53.3 Å². The van der Waals surface area contributed by atoms with Gasteiger partial charge in [0.25, 0.3) is 0 Å². The Bertz CT molecular complexity index is 1260. The monoisotopic (exact) mass is 457 g/mol. The summed E-state index contributed by atoms with van der Waals surface area (Å²) in [5.74, 6) is -0.458. The molecule has 10 heteroatoms. The van der Waals surface area contributed by atoms with E-state index in [-0.39, 0.29) is 30.1 Å². The lowest BCUT2D eigenvalue weighted by molar-refractivity contribution is -0.137. The molecule has 2 heterocycles. The largest absolute Gasteiger partial charge is 0.418 e. The van der Waals surface area contributed by atoms with E-state index in [2.05, 4.69) is 15.4 Å². The second-order valence-corrected chi connectivity index (χ2v) is 7.94. The summed E-state index contributed by atoms with van der Waals surface area (Å²) in [5, 5.41) is 16.4. The lowest BCUT2D eigenvalue weighted by atomic mass is 10.0. The molecule has 2 aromatic carbocycles. The standard InChI is InChI=1S/C23H22F3N5O2/c1-30(2)20-9-19-18(8-16(20)23(24,25)26)29-21(33)10-17(28-19)13-5-4-6-14(7-13)22-15(12-32)11-27-31(22)3/h4-9,11,32H,10,12H2,1-3H3,(H,29,33). The van der Waals surface area contributed by atoms with Crippen molar-refractivity contribution in [1.82, 2.24) is 9.78 Å². The van der Waals surface area contributed by atoms with Crippen LogP contribution in [0.4, 0.5) is 30.2 Å². The first-order valence-corrected chi connectivity index (χ1v) is 10.1. The molecule has 0 saturated heterocycles. The number of hydrogen-bond acceptors (Lipinski definition) is 5. The fraction of sp³-hybridized carbons (Fsp3) is 0.261. The van der Waals surface area contributed by atoms with Gasteiger partial charge in [0.15, 0.2) is 0 Å². The first-order chi connectivity index (χ1) is 15.6. The molecule has 1 aliphatic heterocycles. The van der Waals surface area contributed by atoms with E-state index in [9.17, 15) is 23.1 Å². The molecule has 7 nitrogen and oxygen atoms in total. The highest BCUT2D eigenvalue weighted by Crippen LogP contribution is 2.43. The van der Waals surface area contributed by atoms with Crippen LogP contribution >= 0.6 is 0 Å². The summed E-state index contributed by atoms with van der Waals surface area (Å²) in [7, 11) is 4.80. The summed E-state index contributed by atoms with van der Waals surface area (Å²) in [6.45, 7) is -0.182. The molecule has 1 aliphatic rings. The van der Waals surface area contributed by atoms with Crippen LogP contribution in [0.1, 0.15) is 23.1 Å².